The summed E-state index contributed by atoms with van der Waals surface area (Å²) in [6, 6.07) is 1.63. The number of hydrogen-bond donors (Lipinski definition) is 0. The molecule has 5 heteroatoms. The Balaban J connectivity index is 2.41. The lowest BCUT2D eigenvalue weighted by Gasteiger charge is -1.99. The van der Waals surface area contributed by atoms with E-state index in [1.54, 1.807) is 12.3 Å². The molecule has 0 saturated heterocycles. The molecule has 0 amide bonds. The van der Waals surface area contributed by atoms with Gasteiger partial charge >= 0.3 is 0 Å². The third kappa shape index (κ3) is 2.48. The summed E-state index contributed by atoms with van der Waals surface area (Å²) >= 11 is 0. The van der Waals surface area contributed by atoms with Crippen molar-refractivity contribution in [2.75, 3.05) is 7.11 Å². The van der Waals surface area contributed by atoms with Gasteiger partial charge in [-0.05, 0) is 0 Å². The first-order valence-electron chi connectivity index (χ1n) is 3.58. The highest BCUT2D eigenvalue weighted by atomic mass is 19.3. The van der Waals surface area contributed by atoms with E-state index < -0.39 is 6.43 Å². The first kappa shape index (κ1) is 8.96. The lowest BCUT2D eigenvalue weighted by atomic mass is 10.4. The second-order valence-electron chi connectivity index (χ2n) is 2.30. The molecule has 1 rings (SSSR count). The maximum absolute atomic E-state index is 11.7. The van der Waals surface area contributed by atoms with Crippen molar-refractivity contribution in [3.63, 3.8) is 0 Å². The van der Waals surface area contributed by atoms with Crippen LogP contribution in [0.2, 0.25) is 0 Å². The molecular formula is C7H10F2N2O. The van der Waals surface area contributed by atoms with Crippen molar-refractivity contribution >= 4 is 0 Å². The van der Waals surface area contributed by atoms with Gasteiger partial charge in [-0.2, -0.15) is 0 Å². The fraction of sp³-hybridized carbons (Fsp3) is 0.571. The fourth-order valence-corrected chi connectivity index (χ4v) is 0.806. The maximum atomic E-state index is 11.7. The predicted octanol–water partition coefficient (Wildman–Crippen LogP) is 1.55. The van der Waals surface area contributed by atoms with Crippen LogP contribution in [0.25, 0.3) is 0 Å². The topological polar surface area (TPSA) is 27.1 Å². The molecule has 0 aliphatic carbocycles. The van der Waals surface area contributed by atoms with Gasteiger partial charge in [0.2, 0.25) is 12.3 Å². The van der Waals surface area contributed by atoms with Crippen molar-refractivity contribution in [1.29, 1.82) is 0 Å². The minimum absolute atomic E-state index is 0.176. The summed E-state index contributed by atoms with van der Waals surface area (Å²) in [6.45, 7) is 0.223. The molecule has 12 heavy (non-hydrogen) atoms. The van der Waals surface area contributed by atoms with Crippen molar-refractivity contribution in [3.05, 3.63) is 12.3 Å². The molecule has 0 fully saturated rings. The summed E-state index contributed by atoms with van der Waals surface area (Å²) in [7, 11) is 1.49. The number of nitrogens with zero attached hydrogens (tertiary/aromatic N) is 2. The van der Waals surface area contributed by atoms with E-state index in [-0.39, 0.29) is 13.0 Å². The number of hydrogen-bond acceptors (Lipinski definition) is 2. The van der Waals surface area contributed by atoms with Crippen LogP contribution < -0.4 is 4.74 Å². The Morgan fingerprint density at radius 3 is 2.92 bits per heavy atom. The second-order valence-corrected chi connectivity index (χ2v) is 2.30. The zero-order valence-electron chi connectivity index (χ0n) is 6.70. The standard InChI is InChI=1S/C7H10F2N2O/c1-12-7-3-5-11(10-7)4-2-6(8)9/h3,5-6H,2,4H2,1H3. The number of methoxy groups -OCH3 is 1. The average molecular weight is 176 g/mol. The molecule has 0 unspecified atom stereocenters. The van der Waals surface area contributed by atoms with Crippen LogP contribution in [0, 0.1) is 0 Å². The lowest BCUT2D eigenvalue weighted by molar-refractivity contribution is 0.129. The number of ether oxygens (including phenoxy) is 1. The van der Waals surface area contributed by atoms with Gasteiger partial charge in [0.1, 0.15) is 0 Å². The molecule has 0 saturated carbocycles. The highest BCUT2D eigenvalue weighted by Gasteiger charge is 2.03. The summed E-state index contributed by atoms with van der Waals surface area (Å²) < 4.78 is 29.7. The molecule has 0 aliphatic heterocycles. The van der Waals surface area contributed by atoms with Gasteiger partial charge in [-0.15, -0.1) is 5.10 Å². The first-order chi connectivity index (χ1) is 5.72. The van der Waals surface area contributed by atoms with Gasteiger partial charge < -0.3 is 4.74 Å². The number of halogens is 2. The minimum atomic E-state index is -2.28. The normalized spacial score (nSPS) is 10.7. The Bertz CT molecular complexity index is 237. The first-order valence-corrected chi connectivity index (χ1v) is 3.58. The summed E-state index contributed by atoms with van der Waals surface area (Å²) in [5, 5.41) is 3.86. The summed E-state index contributed by atoms with van der Waals surface area (Å²) in [5.74, 6) is 0.448. The van der Waals surface area contributed by atoms with Gasteiger partial charge in [0, 0.05) is 25.2 Å². The Morgan fingerprint density at radius 1 is 1.67 bits per heavy atom. The highest BCUT2D eigenvalue weighted by molar-refractivity contribution is 5.04. The lowest BCUT2D eigenvalue weighted by Crippen LogP contribution is -2.03. The predicted molar refractivity (Wildman–Crippen MR) is 39.4 cm³/mol. The Morgan fingerprint density at radius 2 is 2.42 bits per heavy atom. The van der Waals surface area contributed by atoms with E-state index in [4.69, 9.17) is 4.74 Å². The molecule has 1 aromatic heterocycles. The minimum Gasteiger partial charge on any atom is -0.480 e. The molecule has 0 aliphatic rings. The quantitative estimate of drug-likeness (QED) is 0.695. The van der Waals surface area contributed by atoms with Crippen LogP contribution in [-0.4, -0.2) is 23.3 Å². The van der Waals surface area contributed by atoms with Crippen LogP contribution in [0.15, 0.2) is 12.3 Å². The van der Waals surface area contributed by atoms with Crippen LogP contribution >= 0.6 is 0 Å². The SMILES string of the molecule is COc1ccn(CCC(F)F)n1. The molecule has 1 heterocycles. The molecule has 68 valence electrons. The van der Waals surface area contributed by atoms with E-state index in [1.165, 1.54) is 11.8 Å². The fourth-order valence-electron chi connectivity index (χ4n) is 0.806. The van der Waals surface area contributed by atoms with E-state index >= 15 is 0 Å². The van der Waals surface area contributed by atoms with Gasteiger partial charge in [0.15, 0.2) is 0 Å². The maximum Gasteiger partial charge on any atom is 0.240 e. The van der Waals surface area contributed by atoms with Crippen molar-refractivity contribution in [2.24, 2.45) is 0 Å². The summed E-state index contributed by atoms with van der Waals surface area (Å²) in [5.41, 5.74) is 0. The molecule has 1 aromatic rings. The van der Waals surface area contributed by atoms with E-state index in [1.807, 2.05) is 0 Å². The van der Waals surface area contributed by atoms with Crippen molar-refractivity contribution < 1.29 is 13.5 Å². The number of aryl methyl sites for hydroxylation is 1. The van der Waals surface area contributed by atoms with Gasteiger partial charge in [-0.3, -0.25) is 4.68 Å². The van der Waals surface area contributed by atoms with Crippen LogP contribution in [0.3, 0.4) is 0 Å². The molecule has 0 aromatic carbocycles. The molecular weight excluding hydrogens is 166 g/mol. The Labute approximate surface area is 68.9 Å². The van der Waals surface area contributed by atoms with Gasteiger partial charge in [0.25, 0.3) is 0 Å². The van der Waals surface area contributed by atoms with Crippen LogP contribution in [0.5, 0.6) is 5.88 Å². The third-order valence-electron chi connectivity index (χ3n) is 1.40. The molecule has 0 bridgehead atoms. The second kappa shape index (κ2) is 4.04. The van der Waals surface area contributed by atoms with Crippen LogP contribution in [0.1, 0.15) is 6.42 Å². The highest BCUT2D eigenvalue weighted by Crippen LogP contribution is 2.06. The molecule has 0 radical (unpaired) electrons. The number of aromatic nitrogens is 2. The number of rotatable bonds is 4. The molecule has 0 atom stereocenters. The van der Waals surface area contributed by atoms with E-state index in [2.05, 4.69) is 5.10 Å². The van der Waals surface area contributed by atoms with Crippen molar-refractivity contribution in [2.45, 2.75) is 19.4 Å². The molecule has 0 spiro atoms. The van der Waals surface area contributed by atoms with E-state index in [0.29, 0.717) is 5.88 Å². The van der Waals surface area contributed by atoms with Crippen molar-refractivity contribution in [1.82, 2.24) is 9.78 Å². The van der Waals surface area contributed by atoms with Gasteiger partial charge in [-0.25, -0.2) is 8.78 Å². The smallest absolute Gasteiger partial charge is 0.240 e. The molecule has 0 N–H and O–H groups in total. The summed E-state index contributed by atoms with van der Waals surface area (Å²) in [6.07, 6.45) is -0.841. The van der Waals surface area contributed by atoms with E-state index in [0.717, 1.165) is 0 Å². The van der Waals surface area contributed by atoms with Gasteiger partial charge in [-0.1, -0.05) is 0 Å². The van der Waals surface area contributed by atoms with Crippen LogP contribution in [0.4, 0.5) is 8.78 Å². The Kier molecular flexibility index (Phi) is 3.01. The largest absolute Gasteiger partial charge is 0.480 e. The zero-order valence-corrected chi connectivity index (χ0v) is 6.70. The van der Waals surface area contributed by atoms with Crippen molar-refractivity contribution in [3.8, 4) is 5.88 Å². The number of alkyl halides is 2. The third-order valence-corrected chi connectivity index (χ3v) is 1.40. The van der Waals surface area contributed by atoms with Crippen LogP contribution in [-0.2, 0) is 6.54 Å². The van der Waals surface area contributed by atoms with E-state index in [9.17, 15) is 8.78 Å². The average Bonchev–Trinajstić information content (AvgIpc) is 2.48. The summed E-state index contributed by atoms with van der Waals surface area (Å²) in [4.78, 5) is 0. The molecule has 3 nitrogen and oxygen atoms in total. The Hall–Kier alpha value is -1.13. The monoisotopic (exact) mass is 176 g/mol. The van der Waals surface area contributed by atoms with Gasteiger partial charge in [0.05, 0.1) is 7.11 Å². The zero-order chi connectivity index (χ0) is 8.97.